The number of carbonyl (C=O) groups excluding carboxylic acids is 2. The van der Waals surface area contributed by atoms with Crippen molar-refractivity contribution < 1.29 is 22.2 Å². The maximum atomic E-state index is 13.7. The molecular formula is C29H29BrClNO5S. The molecule has 38 heavy (non-hydrogen) atoms. The minimum atomic E-state index is -4.22. The zero-order chi connectivity index (χ0) is 27.6. The Bertz CT molecular complexity index is 1490. The molecular weight excluding hydrogens is 590 g/mol. The van der Waals surface area contributed by atoms with Crippen LogP contribution in [0.25, 0.3) is 0 Å². The SMILES string of the molecule is CC1(C)CC(=O)C2=C(C1)NC1=C(C(=O)CC(C)(C)C1)C2c1cc(Br)ccc1OS(=O)(=O)c1ccc(Cl)cc1. The molecule has 9 heteroatoms. The van der Waals surface area contributed by atoms with Crippen LogP contribution in [-0.4, -0.2) is 20.0 Å². The molecule has 0 saturated carbocycles. The van der Waals surface area contributed by atoms with Crippen molar-refractivity contribution in [1.82, 2.24) is 5.32 Å². The topological polar surface area (TPSA) is 89.5 Å². The summed E-state index contributed by atoms with van der Waals surface area (Å²) < 4.78 is 32.9. The fourth-order valence-corrected chi connectivity index (χ4v) is 7.25. The molecule has 0 fully saturated rings. The molecule has 1 aliphatic heterocycles. The third kappa shape index (κ3) is 5.10. The van der Waals surface area contributed by atoms with E-state index in [0.29, 0.717) is 51.9 Å². The molecule has 0 spiro atoms. The van der Waals surface area contributed by atoms with Gasteiger partial charge in [-0.1, -0.05) is 55.2 Å². The van der Waals surface area contributed by atoms with Crippen LogP contribution < -0.4 is 9.50 Å². The Balaban J connectivity index is 1.70. The summed E-state index contributed by atoms with van der Waals surface area (Å²) in [5, 5.41) is 3.88. The van der Waals surface area contributed by atoms with E-state index in [1.165, 1.54) is 24.3 Å². The number of hydrogen-bond acceptors (Lipinski definition) is 6. The van der Waals surface area contributed by atoms with Crippen LogP contribution in [0, 0.1) is 10.8 Å². The highest BCUT2D eigenvalue weighted by molar-refractivity contribution is 9.10. The van der Waals surface area contributed by atoms with Gasteiger partial charge in [0.15, 0.2) is 11.6 Å². The minimum Gasteiger partial charge on any atom is -0.379 e. The number of allylic oxidation sites excluding steroid dienone is 4. The lowest BCUT2D eigenvalue weighted by Crippen LogP contribution is -2.42. The number of carbonyl (C=O) groups is 2. The fraction of sp³-hybridized carbons (Fsp3) is 0.379. The average Bonchev–Trinajstić information content (AvgIpc) is 2.77. The van der Waals surface area contributed by atoms with Gasteiger partial charge in [-0.15, -0.1) is 0 Å². The summed E-state index contributed by atoms with van der Waals surface area (Å²) >= 11 is 9.44. The van der Waals surface area contributed by atoms with Crippen molar-refractivity contribution in [2.45, 2.75) is 64.2 Å². The summed E-state index contributed by atoms with van der Waals surface area (Å²) in [7, 11) is -4.22. The van der Waals surface area contributed by atoms with E-state index in [-0.39, 0.29) is 33.0 Å². The Morgan fingerprint density at radius 1 is 0.868 bits per heavy atom. The highest BCUT2D eigenvalue weighted by Gasteiger charge is 2.47. The molecule has 0 aromatic heterocycles. The number of rotatable bonds is 4. The lowest BCUT2D eigenvalue weighted by Gasteiger charge is -2.44. The molecule has 6 nitrogen and oxygen atoms in total. The summed E-state index contributed by atoms with van der Waals surface area (Å²) in [6.07, 6.45) is 1.95. The Hall–Kier alpha value is -2.42. The van der Waals surface area contributed by atoms with Crippen molar-refractivity contribution >= 4 is 49.2 Å². The largest absolute Gasteiger partial charge is 0.379 e. The molecule has 5 rings (SSSR count). The van der Waals surface area contributed by atoms with E-state index in [1.807, 2.05) is 0 Å². The number of dihydropyridines is 1. The zero-order valence-electron chi connectivity index (χ0n) is 21.7. The van der Waals surface area contributed by atoms with Crippen molar-refractivity contribution in [2.24, 2.45) is 10.8 Å². The van der Waals surface area contributed by atoms with Crippen LogP contribution in [0.3, 0.4) is 0 Å². The standard InChI is InChI=1S/C29H29BrClNO5S/c1-28(2)12-20-26(22(33)14-28)25(27-21(32-20)13-29(3,4)15-23(27)34)19-11-16(30)5-10-24(19)37-38(35,36)18-8-6-17(31)7-9-18/h5-11,25,32H,12-15H2,1-4H3. The van der Waals surface area contributed by atoms with E-state index in [9.17, 15) is 18.0 Å². The predicted octanol–water partition coefficient (Wildman–Crippen LogP) is 6.84. The van der Waals surface area contributed by atoms with Crippen molar-refractivity contribution in [1.29, 1.82) is 0 Å². The number of Topliss-reactive ketones (excluding diaryl/α,β-unsaturated/α-hetero) is 2. The third-order valence-electron chi connectivity index (χ3n) is 7.30. The van der Waals surface area contributed by atoms with Crippen molar-refractivity contribution in [2.75, 3.05) is 0 Å². The van der Waals surface area contributed by atoms with Gasteiger partial charge in [-0.3, -0.25) is 9.59 Å². The lowest BCUT2D eigenvalue weighted by atomic mass is 9.64. The number of hydrogen-bond donors (Lipinski definition) is 1. The quantitative estimate of drug-likeness (QED) is 0.377. The van der Waals surface area contributed by atoms with Gasteiger partial charge in [-0.05, 0) is 66.1 Å². The molecule has 0 bridgehead atoms. The zero-order valence-corrected chi connectivity index (χ0v) is 24.8. The normalized spacial score (nSPS) is 21.1. The average molecular weight is 619 g/mol. The van der Waals surface area contributed by atoms with Gasteiger partial charge in [0.1, 0.15) is 10.6 Å². The highest BCUT2D eigenvalue weighted by atomic mass is 79.9. The van der Waals surface area contributed by atoms with Crippen LogP contribution in [0.15, 0.2) is 74.4 Å². The molecule has 1 N–H and O–H groups in total. The first-order valence-corrected chi connectivity index (χ1v) is 15.0. The van der Waals surface area contributed by atoms with Gasteiger partial charge < -0.3 is 9.50 Å². The summed E-state index contributed by atoms with van der Waals surface area (Å²) in [4.78, 5) is 27.3. The minimum absolute atomic E-state index is 0.0492. The van der Waals surface area contributed by atoms with Crippen LogP contribution in [0.1, 0.15) is 64.9 Å². The molecule has 2 aromatic carbocycles. The molecule has 0 amide bonds. The lowest BCUT2D eigenvalue weighted by molar-refractivity contribution is -0.119. The molecule has 0 unspecified atom stereocenters. The number of benzene rings is 2. The number of ketones is 2. The Labute approximate surface area is 236 Å². The Morgan fingerprint density at radius 3 is 1.92 bits per heavy atom. The number of nitrogens with one attached hydrogen (secondary N) is 1. The van der Waals surface area contributed by atoms with Gasteiger partial charge in [0.2, 0.25) is 0 Å². The van der Waals surface area contributed by atoms with Crippen LogP contribution in [0.2, 0.25) is 5.02 Å². The summed E-state index contributed by atoms with van der Waals surface area (Å²) in [5.41, 5.74) is 2.60. The molecule has 2 aliphatic carbocycles. The highest BCUT2D eigenvalue weighted by Crippen LogP contribution is 2.52. The smallest absolute Gasteiger partial charge is 0.339 e. The van der Waals surface area contributed by atoms with Crippen molar-refractivity contribution in [3.05, 3.63) is 80.1 Å². The predicted molar refractivity (Wildman–Crippen MR) is 149 cm³/mol. The van der Waals surface area contributed by atoms with Crippen LogP contribution in [0.5, 0.6) is 5.75 Å². The third-order valence-corrected chi connectivity index (χ3v) is 9.30. The van der Waals surface area contributed by atoms with Gasteiger partial charge in [0.25, 0.3) is 0 Å². The van der Waals surface area contributed by atoms with Crippen molar-refractivity contribution in [3.63, 3.8) is 0 Å². The summed E-state index contributed by atoms with van der Waals surface area (Å²) in [5.74, 6) is -0.765. The van der Waals surface area contributed by atoms with E-state index in [2.05, 4.69) is 48.9 Å². The van der Waals surface area contributed by atoms with E-state index < -0.39 is 16.0 Å². The monoisotopic (exact) mass is 617 g/mol. The van der Waals surface area contributed by atoms with E-state index >= 15 is 0 Å². The van der Waals surface area contributed by atoms with E-state index in [1.54, 1.807) is 18.2 Å². The molecule has 3 aliphatic rings. The van der Waals surface area contributed by atoms with Crippen LogP contribution in [-0.2, 0) is 19.7 Å². The molecule has 0 saturated heterocycles. The van der Waals surface area contributed by atoms with Gasteiger partial charge in [-0.25, -0.2) is 0 Å². The van der Waals surface area contributed by atoms with E-state index in [0.717, 1.165) is 11.4 Å². The van der Waals surface area contributed by atoms with Gasteiger partial charge in [0, 0.05) is 56.4 Å². The maximum Gasteiger partial charge on any atom is 0.339 e. The maximum absolute atomic E-state index is 13.7. The van der Waals surface area contributed by atoms with Crippen molar-refractivity contribution in [3.8, 4) is 5.75 Å². The number of halogens is 2. The second kappa shape index (κ2) is 9.35. The summed E-state index contributed by atoms with van der Waals surface area (Å²) in [6, 6.07) is 10.7. The first-order chi connectivity index (χ1) is 17.7. The first-order valence-electron chi connectivity index (χ1n) is 12.4. The molecule has 0 atom stereocenters. The Morgan fingerprint density at radius 2 is 1.39 bits per heavy atom. The molecule has 2 aromatic rings. The molecule has 200 valence electrons. The van der Waals surface area contributed by atoms with E-state index in [4.69, 9.17) is 15.8 Å². The Kier molecular flexibility index (Phi) is 6.68. The molecule has 0 radical (unpaired) electrons. The summed E-state index contributed by atoms with van der Waals surface area (Å²) in [6.45, 7) is 8.21. The fourth-order valence-electron chi connectivity index (χ4n) is 5.79. The van der Waals surface area contributed by atoms with Gasteiger partial charge >= 0.3 is 10.1 Å². The van der Waals surface area contributed by atoms with Gasteiger partial charge in [-0.2, -0.15) is 8.42 Å². The molecule has 1 heterocycles. The first kappa shape index (κ1) is 27.2. The van der Waals surface area contributed by atoms with Crippen LogP contribution >= 0.6 is 27.5 Å². The second-order valence-corrected chi connectivity index (χ2v) is 14.8. The van der Waals surface area contributed by atoms with Gasteiger partial charge in [0.05, 0.1) is 0 Å². The second-order valence-electron chi connectivity index (χ2n) is 11.9. The van der Waals surface area contributed by atoms with Crippen LogP contribution in [0.4, 0.5) is 0 Å².